The molecule has 0 aromatic heterocycles. The summed E-state index contributed by atoms with van der Waals surface area (Å²) in [5.74, 6) is 0. The molecule has 0 aromatic carbocycles. The van der Waals surface area contributed by atoms with Gasteiger partial charge < -0.3 is 4.74 Å². The van der Waals surface area contributed by atoms with Crippen LogP contribution in [-0.4, -0.2) is 13.2 Å². The molecular formula is C14H27O. The van der Waals surface area contributed by atoms with Crippen LogP contribution in [0.25, 0.3) is 0 Å². The number of ether oxygens (including phenoxy) is 1. The quantitative estimate of drug-likeness (QED) is 0.340. The van der Waals surface area contributed by atoms with Crippen LogP contribution >= 0.6 is 0 Å². The fourth-order valence-corrected chi connectivity index (χ4v) is 1.58. The van der Waals surface area contributed by atoms with Gasteiger partial charge in [-0.2, -0.15) is 0 Å². The van der Waals surface area contributed by atoms with Gasteiger partial charge in [-0.05, 0) is 25.7 Å². The Bertz CT molecular complexity index is 121. The lowest BCUT2D eigenvalue weighted by atomic mass is 10.1. The standard InChI is InChI=1S/C14H27O/c1-3-5-6-7-8-9-10-11-12-14-15-13-4-2/h3-4H,1,5-14H2,2H3. The van der Waals surface area contributed by atoms with E-state index < -0.39 is 0 Å². The van der Waals surface area contributed by atoms with E-state index in [1.807, 2.05) is 13.0 Å². The zero-order valence-electron chi connectivity index (χ0n) is 10.3. The lowest BCUT2D eigenvalue weighted by Gasteiger charge is -2.02. The highest BCUT2D eigenvalue weighted by Crippen LogP contribution is 2.08. The molecule has 0 atom stereocenters. The smallest absolute Gasteiger partial charge is 0.0495 e. The first kappa shape index (κ1) is 14.7. The molecule has 0 aliphatic rings. The van der Waals surface area contributed by atoms with Crippen molar-refractivity contribution in [1.29, 1.82) is 0 Å². The van der Waals surface area contributed by atoms with E-state index in [1.54, 1.807) is 0 Å². The Morgan fingerprint density at radius 2 is 1.53 bits per heavy atom. The molecule has 0 heterocycles. The van der Waals surface area contributed by atoms with E-state index >= 15 is 0 Å². The topological polar surface area (TPSA) is 9.23 Å². The predicted octanol–water partition coefficient (Wildman–Crippen LogP) is 4.53. The Morgan fingerprint density at radius 3 is 2.13 bits per heavy atom. The van der Waals surface area contributed by atoms with Crippen molar-refractivity contribution in [3.8, 4) is 0 Å². The van der Waals surface area contributed by atoms with Crippen molar-refractivity contribution < 1.29 is 4.74 Å². The number of allylic oxidation sites excluding steroid dienone is 1. The normalized spacial score (nSPS) is 10.5. The fourth-order valence-electron chi connectivity index (χ4n) is 1.58. The van der Waals surface area contributed by atoms with E-state index in [0.29, 0.717) is 0 Å². The molecule has 0 aromatic rings. The molecule has 0 saturated carbocycles. The van der Waals surface area contributed by atoms with Gasteiger partial charge in [0.2, 0.25) is 0 Å². The molecule has 89 valence electrons. The summed E-state index contributed by atoms with van der Waals surface area (Å²) in [5.41, 5.74) is 0. The summed E-state index contributed by atoms with van der Waals surface area (Å²) in [5, 5.41) is 0. The van der Waals surface area contributed by atoms with E-state index in [2.05, 4.69) is 13.0 Å². The van der Waals surface area contributed by atoms with Crippen LogP contribution in [0.3, 0.4) is 0 Å². The molecule has 1 radical (unpaired) electrons. The summed E-state index contributed by atoms with van der Waals surface area (Å²) in [7, 11) is 0. The molecule has 15 heavy (non-hydrogen) atoms. The SMILES string of the molecule is C=CCCCCCCCCCOC[CH]C. The van der Waals surface area contributed by atoms with E-state index in [0.717, 1.165) is 13.2 Å². The molecule has 1 heteroatoms. The van der Waals surface area contributed by atoms with Crippen LogP contribution in [0.2, 0.25) is 0 Å². The van der Waals surface area contributed by atoms with Crippen molar-refractivity contribution in [2.75, 3.05) is 13.2 Å². The van der Waals surface area contributed by atoms with Gasteiger partial charge in [0, 0.05) is 13.2 Å². The maximum atomic E-state index is 5.38. The van der Waals surface area contributed by atoms with Gasteiger partial charge in [-0.15, -0.1) is 6.58 Å². The summed E-state index contributed by atoms with van der Waals surface area (Å²) in [4.78, 5) is 0. The molecule has 0 spiro atoms. The third kappa shape index (κ3) is 13.7. The number of hydrogen-bond donors (Lipinski definition) is 0. The Balaban J connectivity index is 2.83. The summed E-state index contributed by atoms with van der Waals surface area (Å²) < 4.78 is 5.38. The number of hydrogen-bond acceptors (Lipinski definition) is 1. The van der Waals surface area contributed by atoms with Gasteiger partial charge in [0.25, 0.3) is 0 Å². The highest BCUT2D eigenvalue weighted by atomic mass is 16.5. The molecule has 0 bridgehead atoms. The summed E-state index contributed by atoms with van der Waals surface area (Å²) in [6.07, 6.45) is 14.6. The van der Waals surface area contributed by atoms with Crippen LogP contribution in [-0.2, 0) is 4.74 Å². The van der Waals surface area contributed by atoms with Gasteiger partial charge in [-0.1, -0.05) is 45.1 Å². The van der Waals surface area contributed by atoms with Crippen molar-refractivity contribution in [2.24, 2.45) is 0 Å². The van der Waals surface area contributed by atoms with E-state index in [-0.39, 0.29) is 0 Å². The second kappa shape index (κ2) is 13.7. The minimum Gasteiger partial charge on any atom is -0.381 e. The number of rotatable bonds is 12. The molecule has 0 saturated heterocycles. The molecule has 1 nitrogen and oxygen atoms in total. The minimum atomic E-state index is 0.807. The van der Waals surface area contributed by atoms with Gasteiger partial charge in [0.1, 0.15) is 0 Å². The van der Waals surface area contributed by atoms with Crippen molar-refractivity contribution in [3.05, 3.63) is 19.1 Å². The van der Waals surface area contributed by atoms with Crippen molar-refractivity contribution in [2.45, 2.75) is 58.3 Å². The molecular weight excluding hydrogens is 184 g/mol. The predicted molar refractivity (Wildman–Crippen MR) is 67.9 cm³/mol. The molecule has 0 unspecified atom stereocenters. The van der Waals surface area contributed by atoms with E-state index in [1.165, 1.54) is 51.4 Å². The van der Waals surface area contributed by atoms with Crippen molar-refractivity contribution in [3.63, 3.8) is 0 Å². The average Bonchev–Trinajstić information content (AvgIpc) is 2.26. The van der Waals surface area contributed by atoms with Gasteiger partial charge >= 0.3 is 0 Å². The molecule has 0 aliphatic carbocycles. The van der Waals surface area contributed by atoms with Crippen LogP contribution in [0.4, 0.5) is 0 Å². The first-order valence-electron chi connectivity index (χ1n) is 6.38. The maximum Gasteiger partial charge on any atom is 0.0495 e. The van der Waals surface area contributed by atoms with Crippen LogP contribution in [0.15, 0.2) is 12.7 Å². The fraction of sp³-hybridized carbons (Fsp3) is 0.786. The van der Waals surface area contributed by atoms with Gasteiger partial charge in [-0.3, -0.25) is 0 Å². The van der Waals surface area contributed by atoms with Gasteiger partial charge in [0.05, 0.1) is 0 Å². The summed E-state index contributed by atoms with van der Waals surface area (Å²) in [6.45, 7) is 7.50. The minimum absolute atomic E-state index is 0.807. The Kier molecular flexibility index (Phi) is 13.4. The van der Waals surface area contributed by atoms with Crippen molar-refractivity contribution in [1.82, 2.24) is 0 Å². The van der Waals surface area contributed by atoms with Crippen LogP contribution < -0.4 is 0 Å². The van der Waals surface area contributed by atoms with Crippen LogP contribution in [0.5, 0.6) is 0 Å². The van der Waals surface area contributed by atoms with Gasteiger partial charge in [-0.25, -0.2) is 0 Å². The largest absolute Gasteiger partial charge is 0.381 e. The zero-order chi connectivity index (χ0) is 11.2. The third-order valence-electron chi connectivity index (χ3n) is 2.48. The van der Waals surface area contributed by atoms with E-state index in [4.69, 9.17) is 4.74 Å². The third-order valence-corrected chi connectivity index (χ3v) is 2.48. The lowest BCUT2D eigenvalue weighted by molar-refractivity contribution is 0.149. The van der Waals surface area contributed by atoms with Crippen molar-refractivity contribution >= 4 is 0 Å². The second-order valence-corrected chi connectivity index (χ2v) is 4.04. The van der Waals surface area contributed by atoms with Crippen LogP contribution in [0.1, 0.15) is 58.3 Å². The molecule has 0 rings (SSSR count). The summed E-state index contributed by atoms with van der Waals surface area (Å²) in [6, 6.07) is 0. The summed E-state index contributed by atoms with van der Waals surface area (Å²) >= 11 is 0. The first-order chi connectivity index (χ1) is 7.41. The maximum absolute atomic E-state index is 5.38. The second-order valence-electron chi connectivity index (χ2n) is 4.04. The molecule has 0 amide bonds. The zero-order valence-corrected chi connectivity index (χ0v) is 10.3. The van der Waals surface area contributed by atoms with E-state index in [9.17, 15) is 0 Å². The first-order valence-corrected chi connectivity index (χ1v) is 6.38. The lowest BCUT2D eigenvalue weighted by Crippen LogP contribution is -1.95. The monoisotopic (exact) mass is 211 g/mol. The Labute approximate surface area is 95.9 Å². The highest BCUT2D eigenvalue weighted by Gasteiger charge is 1.91. The average molecular weight is 211 g/mol. The molecule has 0 N–H and O–H groups in total. The van der Waals surface area contributed by atoms with Gasteiger partial charge in [0.15, 0.2) is 0 Å². The highest BCUT2D eigenvalue weighted by molar-refractivity contribution is 4.65. The number of unbranched alkanes of at least 4 members (excludes halogenated alkanes) is 7. The van der Waals surface area contributed by atoms with Crippen LogP contribution in [0, 0.1) is 6.42 Å². The molecule has 0 fully saturated rings. The Hall–Kier alpha value is -0.300. The molecule has 0 aliphatic heterocycles. The Morgan fingerprint density at radius 1 is 0.933 bits per heavy atom.